The van der Waals surface area contributed by atoms with E-state index in [1.807, 2.05) is 91.1 Å². The van der Waals surface area contributed by atoms with Crippen molar-refractivity contribution in [3.63, 3.8) is 0 Å². The maximum absolute atomic E-state index is 13.7. The largest absolute Gasteiger partial charge is 0.457 e. The Kier molecular flexibility index (Phi) is 7.64. The molecule has 6 rings (SSSR count). The van der Waals surface area contributed by atoms with Crippen LogP contribution >= 0.6 is 23.8 Å². The normalized spacial score (nSPS) is 14.3. The molecular weight excluding hydrogens is 568 g/mol. The molecule has 2 heterocycles. The fraction of sp³-hybridized carbons (Fsp3) is 0.0303. The molecule has 0 radical (unpaired) electrons. The number of nitrogens with one attached hydrogen (secondary N) is 1. The molecular formula is C33H23ClN4O3S. The fourth-order valence-electron chi connectivity index (χ4n) is 4.56. The van der Waals surface area contributed by atoms with Gasteiger partial charge in [0.25, 0.3) is 11.8 Å². The van der Waals surface area contributed by atoms with Gasteiger partial charge in [0.05, 0.1) is 17.9 Å². The summed E-state index contributed by atoms with van der Waals surface area (Å²) in [4.78, 5) is 28.1. The summed E-state index contributed by atoms with van der Waals surface area (Å²) < 4.78 is 7.64. The zero-order valence-electron chi connectivity index (χ0n) is 22.1. The van der Waals surface area contributed by atoms with E-state index in [4.69, 9.17) is 33.7 Å². The molecule has 2 amide bonds. The van der Waals surface area contributed by atoms with Crippen LogP contribution in [0.4, 0.5) is 5.69 Å². The highest BCUT2D eigenvalue weighted by molar-refractivity contribution is 7.80. The first-order valence-corrected chi connectivity index (χ1v) is 13.8. The molecule has 1 saturated heterocycles. The molecule has 1 N–H and O–H groups in total. The number of ether oxygens (including phenoxy) is 1. The summed E-state index contributed by atoms with van der Waals surface area (Å²) >= 11 is 11.4. The van der Waals surface area contributed by atoms with Gasteiger partial charge in [-0.2, -0.15) is 5.10 Å². The van der Waals surface area contributed by atoms with Crippen LogP contribution in [-0.4, -0.2) is 26.7 Å². The first kappa shape index (κ1) is 27.1. The molecule has 0 spiro atoms. The Morgan fingerprint density at radius 1 is 0.833 bits per heavy atom. The number of amides is 2. The predicted molar refractivity (Wildman–Crippen MR) is 167 cm³/mol. The van der Waals surface area contributed by atoms with Crippen molar-refractivity contribution in [2.45, 2.75) is 6.54 Å². The number of rotatable bonds is 7. The van der Waals surface area contributed by atoms with E-state index in [-0.39, 0.29) is 10.7 Å². The molecule has 1 aliphatic rings. The first-order valence-electron chi connectivity index (χ1n) is 13.1. The van der Waals surface area contributed by atoms with Crippen molar-refractivity contribution in [3.8, 4) is 22.8 Å². The zero-order valence-corrected chi connectivity index (χ0v) is 23.7. The summed E-state index contributed by atoms with van der Waals surface area (Å²) in [5, 5.41) is 8.10. The molecule has 1 fully saturated rings. The Hall–Kier alpha value is -5.05. The fourth-order valence-corrected chi connectivity index (χ4v) is 4.96. The number of hydrogen-bond acceptors (Lipinski definition) is 5. The summed E-state index contributed by atoms with van der Waals surface area (Å²) in [5.41, 5.74) is 3.55. The highest BCUT2D eigenvalue weighted by Crippen LogP contribution is 2.29. The molecule has 4 aromatic carbocycles. The lowest BCUT2D eigenvalue weighted by Gasteiger charge is -2.29. The van der Waals surface area contributed by atoms with Gasteiger partial charge in [0.2, 0.25) is 0 Å². The smallest absolute Gasteiger partial charge is 0.270 e. The van der Waals surface area contributed by atoms with E-state index in [1.54, 1.807) is 35.0 Å². The number of carbonyl (C=O) groups is 2. The van der Waals surface area contributed by atoms with E-state index >= 15 is 0 Å². The number of nitrogens with zero attached hydrogens (tertiary/aromatic N) is 3. The lowest BCUT2D eigenvalue weighted by molar-refractivity contribution is -0.122. The van der Waals surface area contributed by atoms with Crippen molar-refractivity contribution in [2.24, 2.45) is 0 Å². The summed E-state index contributed by atoms with van der Waals surface area (Å²) in [5.74, 6) is 0.179. The Morgan fingerprint density at radius 2 is 1.48 bits per heavy atom. The van der Waals surface area contributed by atoms with Crippen LogP contribution in [0.5, 0.6) is 11.5 Å². The van der Waals surface area contributed by atoms with Crippen molar-refractivity contribution >= 4 is 52.5 Å². The topological polar surface area (TPSA) is 76.5 Å². The molecule has 0 bridgehead atoms. The van der Waals surface area contributed by atoms with E-state index in [0.717, 1.165) is 11.1 Å². The van der Waals surface area contributed by atoms with Gasteiger partial charge in [-0.15, -0.1) is 0 Å². The van der Waals surface area contributed by atoms with Gasteiger partial charge in [-0.3, -0.25) is 24.5 Å². The van der Waals surface area contributed by atoms with Crippen LogP contribution in [0.25, 0.3) is 17.3 Å². The Labute approximate surface area is 252 Å². The number of hydrogen-bond donors (Lipinski definition) is 1. The highest BCUT2D eigenvalue weighted by Gasteiger charge is 2.35. The maximum Gasteiger partial charge on any atom is 0.270 e. The van der Waals surface area contributed by atoms with Crippen molar-refractivity contribution in [2.75, 3.05) is 4.90 Å². The Morgan fingerprint density at radius 3 is 2.17 bits per heavy atom. The van der Waals surface area contributed by atoms with Crippen molar-refractivity contribution in [3.05, 3.63) is 137 Å². The number of thiocarbonyl (C=S) groups is 1. The average Bonchev–Trinajstić information content (AvgIpc) is 3.40. The minimum Gasteiger partial charge on any atom is -0.457 e. The van der Waals surface area contributed by atoms with Crippen LogP contribution in [0.1, 0.15) is 11.1 Å². The monoisotopic (exact) mass is 590 g/mol. The second kappa shape index (κ2) is 11.8. The minimum absolute atomic E-state index is 0.000550. The van der Waals surface area contributed by atoms with Crippen LogP contribution in [0.2, 0.25) is 5.02 Å². The number of benzene rings is 4. The summed E-state index contributed by atoms with van der Waals surface area (Å²) in [7, 11) is 0. The predicted octanol–water partition coefficient (Wildman–Crippen LogP) is 6.88. The molecule has 7 nitrogen and oxygen atoms in total. The number of para-hydroxylation sites is 1. The second-order valence-electron chi connectivity index (χ2n) is 9.49. The van der Waals surface area contributed by atoms with E-state index in [1.165, 1.54) is 4.90 Å². The van der Waals surface area contributed by atoms with Gasteiger partial charge in [-0.05, 0) is 72.4 Å². The summed E-state index contributed by atoms with van der Waals surface area (Å²) in [6, 6.07) is 33.4. The quantitative estimate of drug-likeness (QED) is 0.127. The molecule has 0 aliphatic carbocycles. The van der Waals surface area contributed by atoms with Crippen LogP contribution in [0, 0.1) is 0 Å². The molecule has 5 aromatic rings. The molecule has 0 atom stereocenters. The van der Waals surface area contributed by atoms with Gasteiger partial charge in [-0.25, -0.2) is 0 Å². The maximum atomic E-state index is 13.7. The molecule has 0 saturated carbocycles. The molecule has 42 heavy (non-hydrogen) atoms. The molecule has 1 aliphatic heterocycles. The number of anilines is 1. The van der Waals surface area contributed by atoms with Crippen LogP contribution in [0.15, 0.2) is 121 Å². The average molecular weight is 591 g/mol. The van der Waals surface area contributed by atoms with Crippen LogP contribution < -0.4 is 15.0 Å². The third kappa shape index (κ3) is 5.85. The Bertz CT molecular complexity index is 1800. The van der Waals surface area contributed by atoms with Crippen molar-refractivity contribution in [1.82, 2.24) is 15.1 Å². The molecule has 206 valence electrons. The lowest BCUT2D eigenvalue weighted by Crippen LogP contribution is -2.54. The minimum atomic E-state index is -0.574. The van der Waals surface area contributed by atoms with E-state index in [2.05, 4.69) is 5.32 Å². The van der Waals surface area contributed by atoms with Crippen LogP contribution in [-0.2, 0) is 16.1 Å². The van der Waals surface area contributed by atoms with Crippen LogP contribution in [0.3, 0.4) is 0 Å². The Balaban J connectivity index is 1.32. The number of carbonyl (C=O) groups excluding carboxylic acids is 2. The molecule has 0 unspecified atom stereocenters. The van der Waals surface area contributed by atoms with E-state index in [9.17, 15) is 9.59 Å². The van der Waals surface area contributed by atoms with E-state index in [0.29, 0.717) is 40.0 Å². The van der Waals surface area contributed by atoms with Crippen molar-refractivity contribution < 1.29 is 14.3 Å². The number of aromatic nitrogens is 2. The third-order valence-electron chi connectivity index (χ3n) is 6.57. The van der Waals surface area contributed by atoms with Gasteiger partial charge in [0.15, 0.2) is 5.11 Å². The van der Waals surface area contributed by atoms with Gasteiger partial charge >= 0.3 is 0 Å². The highest BCUT2D eigenvalue weighted by atomic mass is 35.5. The van der Waals surface area contributed by atoms with Gasteiger partial charge in [0.1, 0.15) is 17.1 Å². The zero-order chi connectivity index (χ0) is 29.1. The van der Waals surface area contributed by atoms with Gasteiger partial charge in [-0.1, -0.05) is 72.3 Å². The SMILES string of the molecule is O=C1NC(=S)N(c2ccc(Oc3ccccc3)cc2)C(=O)C1=Cc1cn(Cc2ccc(Cl)cc2)nc1-c1ccccc1. The number of halogens is 1. The first-order chi connectivity index (χ1) is 20.4. The van der Waals surface area contributed by atoms with Crippen molar-refractivity contribution in [1.29, 1.82) is 0 Å². The third-order valence-corrected chi connectivity index (χ3v) is 7.11. The second-order valence-corrected chi connectivity index (χ2v) is 10.3. The van der Waals surface area contributed by atoms with E-state index < -0.39 is 11.8 Å². The standard InChI is InChI=1S/C33H23ClN4O3S/c34-25-13-11-22(12-14-25)20-37-21-24(30(36-37)23-7-3-1-4-8-23)19-29-31(39)35-33(42)38(32(29)40)26-15-17-28(18-16-26)41-27-9-5-2-6-10-27/h1-19,21H,20H2,(H,35,39,42). The lowest BCUT2D eigenvalue weighted by atomic mass is 10.0. The molecule has 9 heteroatoms. The molecule has 1 aromatic heterocycles. The summed E-state index contributed by atoms with van der Waals surface area (Å²) in [6.07, 6.45) is 3.38. The van der Waals surface area contributed by atoms with Gasteiger partial charge in [0, 0.05) is 22.3 Å². The van der Waals surface area contributed by atoms with Gasteiger partial charge < -0.3 is 4.74 Å². The summed E-state index contributed by atoms with van der Waals surface area (Å²) in [6.45, 7) is 0.480.